The molecule has 0 saturated carbocycles. The van der Waals surface area contributed by atoms with E-state index in [0.29, 0.717) is 33.8 Å². The van der Waals surface area contributed by atoms with Crippen LogP contribution in [0, 0.1) is 0 Å². The van der Waals surface area contributed by atoms with Crippen LogP contribution >= 0.6 is 0 Å². The molecule has 0 N–H and O–H groups in total. The number of esters is 1. The van der Waals surface area contributed by atoms with Crippen LogP contribution in [0.25, 0.3) is 22.3 Å². The summed E-state index contributed by atoms with van der Waals surface area (Å²) in [5, 5.41) is 0.316. The molecule has 0 aliphatic carbocycles. The third-order valence-corrected chi connectivity index (χ3v) is 5.84. The number of rotatable bonds is 3. The van der Waals surface area contributed by atoms with Gasteiger partial charge >= 0.3 is 5.97 Å². The molecule has 0 bridgehead atoms. The number of hydrogen-bond donors (Lipinski definition) is 0. The lowest BCUT2D eigenvalue weighted by molar-refractivity contribution is -0.159. The minimum atomic E-state index is -0.776. The summed E-state index contributed by atoms with van der Waals surface area (Å²) in [5.74, 6) is 0.404. The highest BCUT2D eigenvalue weighted by molar-refractivity contribution is 5.91. The van der Waals surface area contributed by atoms with Crippen molar-refractivity contribution in [1.82, 2.24) is 0 Å². The van der Waals surface area contributed by atoms with E-state index in [1.54, 1.807) is 6.07 Å². The fourth-order valence-corrected chi connectivity index (χ4v) is 4.54. The molecule has 1 unspecified atom stereocenters. The Morgan fingerprint density at radius 2 is 1.87 bits per heavy atom. The van der Waals surface area contributed by atoms with Gasteiger partial charge in [-0.05, 0) is 13.8 Å². The van der Waals surface area contributed by atoms with Crippen LogP contribution < -0.4 is 14.9 Å². The van der Waals surface area contributed by atoms with Gasteiger partial charge < -0.3 is 23.4 Å². The molecule has 31 heavy (non-hydrogen) atoms. The van der Waals surface area contributed by atoms with Gasteiger partial charge in [-0.1, -0.05) is 30.3 Å². The van der Waals surface area contributed by atoms with Crippen LogP contribution in [0.15, 0.2) is 51.7 Å². The van der Waals surface area contributed by atoms with E-state index < -0.39 is 29.9 Å². The summed E-state index contributed by atoms with van der Waals surface area (Å²) in [6.07, 6.45) is -1.28. The van der Waals surface area contributed by atoms with Crippen LogP contribution in [0.5, 0.6) is 11.5 Å². The van der Waals surface area contributed by atoms with Crippen molar-refractivity contribution in [3.05, 3.63) is 58.3 Å². The number of methoxy groups -OCH3 is 1. The van der Waals surface area contributed by atoms with Crippen LogP contribution in [0.3, 0.4) is 0 Å². The number of benzene rings is 2. The maximum atomic E-state index is 13.1. The summed E-state index contributed by atoms with van der Waals surface area (Å²) in [6.45, 7) is 5.05. The molecule has 1 fully saturated rings. The van der Waals surface area contributed by atoms with Crippen LogP contribution in [-0.2, 0) is 14.3 Å². The highest BCUT2D eigenvalue weighted by Crippen LogP contribution is 2.54. The first kappa shape index (κ1) is 19.6. The van der Waals surface area contributed by atoms with Crippen LogP contribution in [0.4, 0.5) is 0 Å². The van der Waals surface area contributed by atoms with Crippen molar-refractivity contribution in [1.29, 1.82) is 0 Å². The predicted octanol–water partition coefficient (Wildman–Crippen LogP) is 4.01. The highest BCUT2D eigenvalue weighted by Gasteiger charge is 2.58. The molecule has 7 heteroatoms. The third kappa shape index (κ3) is 2.99. The van der Waals surface area contributed by atoms with Crippen LogP contribution in [0.2, 0.25) is 0 Å². The molecule has 160 valence electrons. The van der Waals surface area contributed by atoms with Crippen molar-refractivity contribution >= 4 is 16.9 Å². The van der Waals surface area contributed by atoms with Gasteiger partial charge in [0.2, 0.25) is 6.29 Å². The van der Waals surface area contributed by atoms with E-state index in [1.807, 2.05) is 44.2 Å². The molecule has 1 aromatic heterocycles. The molecule has 5 rings (SSSR count). The van der Waals surface area contributed by atoms with E-state index in [1.165, 1.54) is 20.1 Å². The van der Waals surface area contributed by atoms with Crippen molar-refractivity contribution in [3.63, 3.8) is 0 Å². The Bertz CT molecular complexity index is 1240. The number of ether oxygens (including phenoxy) is 4. The molecular formula is C24H22O7. The Morgan fingerprint density at radius 1 is 1.13 bits per heavy atom. The van der Waals surface area contributed by atoms with Crippen molar-refractivity contribution in [3.8, 4) is 22.8 Å². The van der Waals surface area contributed by atoms with Gasteiger partial charge in [0.15, 0.2) is 5.43 Å². The standard InChI is InChI=1S/C24H22O7/c1-12(25)28-22-20-19-17(30-23(20)31-24(22,2)3)11-16(27-4)18-14(26)10-15(29-21(18)19)13-8-6-5-7-9-13/h5-11,20,22-23H,1-4H3/t20-,22?,23+/m0/s1. The second kappa shape index (κ2) is 6.85. The van der Waals surface area contributed by atoms with Crippen molar-refractivity contribution in [2.24, 2.45) is 0 Å². The molecule has 0 spiro atoms. The molecule has 0 amide bonds. The van der Waals surface area contributed by atoms with Crippen molar-refractivity contribution in [2.75, 3.05) is 7.11 Å². The lowest BCUT2D eigenvalue weighted by Gasteiger charge is -2.27. The molecule has 2 aliphatic rings. The van der Waals surface area contributed by atoms with Gasteiger partial charge in [0.05, 0.1) is 18.6 Å². The number of carbonyl (C=O) groups is 1. The highest BCUT2D eigenvalue weighted by atomic mass is 16.7. The predicted molar refractivity (Wildman–Crippen MR) is 112 cm³/mol. The van der Waals surface area contributed by atoms with E-state index >= 15 is 0 Å². The Balaban J connectivity index is 1.79. The lowest BCUT2D eigenvalue weighted by atomic mass is 9.87. The molecular weight excluding hydrogens is 400 g/mol. The normalized spacial score (nSPS) is 23.2. The minimum Gasteiger partial charge on any atom is -0.496 e. The Kier molecular flexibility index (Phi) is 4.34. The summed E-state index contributed by atoms with van der Waals surface area (Å²) in [5.41, 5.74) is 0.764. The topological polar surface area (TPSA) is 84.2 Å². The van der Waals surface area contributed by atoms with Crippen LogP contribution in [-0.4, -0.2) is 31.1 Å². The van der Waals surface area contributed by atoms with E-state index in [9.17, 15) is 9.59 Å². The maximum absolute atomic E-state index is 13.1. The first-order valence-electron chi connectivity index (χ1n) is 10.1. The second-order valence-electron chi connectivity index (χ2n) is 8.30. The van der Waals surface area contributed by atoms with E-state index in [0.717, 1.165) is 5.56 Å². The average Bonchev–Trinajstić information content (AvgIpc) is 3.19. The number of carbonyl (C=O) groups excluding carboxylic acids is 1. The third-order valence-electron chi connectivity index (χ3n) is 5.84. The number of fused-ring (bicyclic) bond motifs is 5. The van der Waals surface area contributed by atoms with Gasteiger partial charge in [-0.25, -0.2) is 0 Å². The summed E-state index contributed by atoms with van der Waals surface area (Å²) < 4.78 is 29.5. The molecule has 0 radical (unpaired) electrons. The largest absolute Gasteiger partial charge is 0.496 e. The van der Waals surface area contributed by atoms with Gasteiger partial charge in [-0.3, -0.25) is 9.59 Å². The molecule has 3 aromatic rings. The SMILES string of the molecule is COc1cc2c(c3oc(-c4ccccc4)cc(=O)c13)[C@H]1C(OC(C)=O)C(C)(C)O[C@H]1O2. The van der Waals surface area contributed by atoms with E-state index in [2.05, 4.69) is 0 Å². The molecule has 1 saturated heterocycles. The van der Waals surface area contributed by atoms with E-state index in [4.69, 9.17) is 23.4 Å². The number of hydrogen-bond acceptors (Lipinski definition) is 7. The van der Waals surface area contributed by atoms with Gasteiger partial charge in [-0.15, -0.1) is 0 Å². The molecule has 3 heterocycles. The lowest BCUT2D eigenvalue weighted by Crippen LogP contribution is -2.38. The first-order chi connectivity index (χ1) is 14.8. The Morgan fingerprint density at radius 3 is 2.55 bits per heavy atom. The molecule has 2 aromatic carbocycles. The average molecular weight is 422 g/mol. The zero-order chi connectivity index (χ0) is 21.9. The first-order valence-corrected chi connectivity index (χ1v) is 10.1. The fraction of sp³-hybridized carbons (Fsp3) is 0.333. The van der Waals surface area contributed by atoms with Gasteiger partial charge in [0, 0.05) is 24.6 Å². The summed E-state index contributed by atoms with van der Waals surface area (Å²) in [6, 6.07) is 12.5. The zero-order valence-corrected chi connectivity index (χ0v) is 17.6. The zero-order valence-electron chi connectivity index (χ0n) is 17.6. The van der Waals surface area contributed by atoms with Gasteiger partial charge in [0.25, 0.3) is 0 Å². The second-order valence-corrected chi connectivity index (χ2v) is 8.30. The Hall–Kier alpha value is -3.32. The molecule has 7 nitrogen and oxygen atoms in total. The van der Waals surface area contributed by atoms with Gasteiger partial charge in [-0.2, -0.15) is 0 Å². The quantitative estimate of drug-likeness (QED) is 0.590. The summed E-state index contributed by atoms with van der Waals surface area (Å²) >= 11 is 0. The summed E-state index contributed by atoms with van der Waals surface area (Å²) in [7, 11) is 1.49. The summed E-state index contributed by atoms with van der Waals surface area (Å²) in [4.78, 5) is 25.0. The van der Waals surface area contributed by atoms with Crippen molar-refractivity contribution in [2.45, 2.75) is 44.7 Å². The van der Waals surface area contributed by atoms with Gasteiger partial charge in [0.1, 0.15) is 39.9 Å². The molecule has 3 atom stereocenters. The van der Waals surface area contributed by atoms with Crippen LogP contribution in [0.1, 0.15) is 32.3 Å². The smallest absolute Gasteiger partial charge is 0.303 e. The minimum absolute atomic E-state index is 0.231. The monoisotopic (exact) mass is 422 g/mol. The molecule has 2 aliphatic heterocycles. The maximum Gasteiger partial charge on any atom is 0.303 e. The Labute approximate surface area is 178 Å². The fourth-order valence-electron chi connectivity index (χ4n) is 4.54. The van der Waals surface area contributed by atoms with Crippen molar-refractivity contribution < 1.29 is 28.2 Å². The van der Waals surface area contributed by atoms with E-state index in [-0.39, 0.29) is 5.43 Å².